The molecule has 0 radical (unpaired) electrons. The summed E-state index contributed by atoms with van der Waals surface area (Å²) in [6.07, 6.45) is 12.5. The summed E-state index contributed by atoms with van der Waals surface area (Å²) in [6.45, 7) is 4.38. The molecule has 0 aliphatic heterocycles. The molecule has 0 heterocycles. The Bertz CT molecular complexity index is 738. The van der Waals surface area contributed by atoms with E-state index in [1.807, 2.05) is 36.4 Å². The second kappa shape index (κ2) is 13.8. The van der Waals surface area contributed by atoms with Gasteiger partial charge in [0.1, 0.15) is 0 Å². The number of hydrogen-bond acceptors (Lipinski definition) is 2. The van der Waals surface area contributed by atoms with Gasteiger partial charge in [-0.25, -0.2) is 0 Å². The van der Waals surface area contributed by atoms with Crippen molar-refractivity contribution in [2.45, 2.75) is 90.9 Å². The van der Waals surface area contributed by atoms with Gasteiger partial charge in [-0.05, 0) is 47.9 Å². The minimum absolute atomic E-state index is 0.0679. The summed E-state index contributed by atoms with van der Waals surface area (Å²) in [5.41, 5.74) is 1.61. The van der Waals surface area contributed by atoms with Crippen LogP contribution in [0.25, 0.3) is 10.8 Å². The SMILES string of the molecule is CCCCCCCC(=O)Nc1ccc2ccc(NC(=O)CCCCCCC)cc2c1. The Labute approximate surface area is 181 Å². The first-order chi connectivity index (χ1) is 14.6. The molecule has 0 saturated heterocycles. The van der Waals surface area contributed by atoms with Crippen LogP contribution in [-0.4, -0.2) is 11.8 Å². The van der Waals surface area contributed by atoms with Crippen molar-refractivity contribution in [3.05, 3.63) is 36.4 Å². The number of nitrogens with one attached hydrogen (secondary N) is 2. The zero-order valence-corrected chi connectivity index (χ0v) is 18.8. The molecule has 0 aliphatic carbocycles. The maximum Gasteiger partial charge on any atom is 0.224 e. The van der Waals surface area contributed by atoms with Crippen molar-refractivity contribution < 1.29 is 9.59 Å². The van der Waals surface area contributed by atoms with Crippen molar-refractivity contribution in [3.8, 4) is 0 Å². The lowest BCUT2D eigenvalue weighted by Gasteiger charge is -2.09. The molecule has 30 heavy (non-hydrogen) atoms. The normalized spacial score (nSPS) is 10.9. The molecule has 4 heteroatoms. The fourth-order valence-corrected chi connectivity index (χ4v) is 3.63. The molecule has 0 spiro atoms. The summed E-state index contributed by atoms with van der Waals surface area (Å²) in [7, 11) is 0. The minimum atomic E-state index is 0.0679. The second-order valence-electron chi connectivity index (χ2n) is 8.20. The van der Waals surface area contributed by atoms with E-state index in [9.17, 15) is 9.59 Å². The summed E-state index contributed by atoms with van der Waals surface area (Å²) in [4.78, 5) is 24.4. The highest BCUT2D eigenvalue weighted by molar-refractivity contribution is 5.97. The number of carbonyl (C=O) groups excluding carboxylic acids is 2. The van der Waals surface area contributed by atoms with Crippen molar-refractivity contribution in [2.24, 2.45) is 0 Å². The predicted octanol–water partition coefficient (Wildman–Crippen LogP) is 7.44. The molecule has 0 atom stereocenters. The number of fused-ring (bicyclic) bond motifs is 1. The van der Waals surface area contributed by atoms with Gasteiger partial charge in [-0.3, -0.25) is 9.59 Å². The number of unbranched alkanes of at least 4 members (excludes halogenated alkanes) is 8. The fourth-order valence-electron chi connectivity index (χ4n) is 3.63. The van der Waals surface area contributed by atoms with Gasteiger partial charge < -0.3 is 10.6 Å². The van der Waals surface area contributed by atoms with Crippen molar-refractivity contribution in [2.75, 3.05) is 10.6 Å². The fraction of sp³-hybridized carbons (Fsp3) is 0.538. The molecule has 2 amide bonds. The van der Waals surface area contributed by atoms with E-state index in [4.69, 9.17) is 0 Å². The Morgan fingerprint density at radius 1 is 0.600 bits per heavy atom. The number of benzene rings is 2. The summed E-state index contributed by atoms with van der Waals surface area (Å²) in [6, 6.07) is 11.8. The Kier molecular flexibility index (Phi) is 11.0. The number of anilines is 2. The van der Waals surface area contributed by atoms with Crippen molar-refractivity contribution >= 4 is 34.0 Å². The zero-order chi connectivity index (χ0) is 21.6. The highest BCUT2D eigenvalue weighted by atomic mass is 16.2. The maximum atomic E-state index is 12.2. The standard InChI is InChI=1S/C26H38N2O2/c1-3-5-7-9-11-13-25(29)27-23-17-15-21-16-18-24(20-22(21)19-23)28-26(30)14-12-10-8-6-4-2/h15-20H,3-14H2,1-2H3,(H,27,29)(H,28,30). The van der Waals surface area contributed by atoms with Gasteiger partial charge in [-0.2, -0.15) is 0 Å². The first-order valence-corrected chi connectivity index (χ1v) is 11.8. The van der Waals surface area contributed by atoms with Crippen LogP contribution in [0.15, 0.2) is 36.4 Å². The second-order valence-corrected chi connectivity index (χ2v) is 8.20. The van der Waals surface area contributed by atoms with E-state index >= 15 is 0 Å². The van der Waals surface area contributed by atoms with Crippen molar-refractivity contribution in [1.82, 2.24) is 0 Å². The molecular formula is C26H38N2O2. The lowest BCUT2D eigenvalue weighted by molar-refractivity contribution is -0.117. The summed E-state index contributed by atoms with van der Waals surface area (Å²) in [5.74, 6) is 0.136. The summed E-state index contributed by atoms with van der Waals surface area (Å²) < 4.78 is 0. The van der Waals surface area contributed by atoms with E-state index in [1.54, 1.807) is 0 Å². The van der Waals surface area contributed by atoms with Gasteiger partial charge in [0.25, 0.3) is 0 Å². The first-order valence-electron chi connectivity index (χ1n) is 11.8. The van der Waals surface area contributed by atoms with Crippen LogP contribution < -0.4 is 10.6 Å². The molecule has 2 rings (SSSR count). The molecule has 0 bridgehead atoms. The van der Waals surface area contributed by atoms with Crippen LogP contribution in [0.4, 0.5) is 11.4 Å². The van der Waals surface area contributed by atoms with Crippen LogP contribution in [0.1, 0.15) is 90.9 Å². The molecule has 0 aliphatic rings. The quantitative estimate of drug-likeness (QED) is 0.318. The first kappa shape index (κ1) is 23.9. The zero-order valence-electron chi connectivity index (χ0n) is 18.8. The highest BCUT2D eigenvalue weighted by Gasteiger charge is 2.06. The van der Waals surface area contributed by atoms with Gasteiger partial charge in [-0.15, -0.1) is 0 Å². The van der Waals surface area contributed by atoms with Crippen LogP contribution in [0.5, 0.6) is 0 Å². The Hall–Kier alpha value is -2.36. The predicted molar refractivity (Wildman–Crippen MR) is 128 cm³/mol. The number of carbonyl (C=O) groups is 2. The van der Waals surface area contributed by atoms with Crippen molar-refractivity contribution in [1.29, 1.82) is 0 Å². The van der Waals surface area contributed by atoms with E-state index < -0.39 is 0 Å². The Morgan fingerprint density at radius 2 is 1.03 bits per heavy atom. The molecule has 164 valence electrons. The lowest BCUT2D eigenvalue weighted by Crippen LogP contribution is -2.11. The van der Waals surface area contributed by atoms with E-state index in [-0.39, 0.29) is 11.8 Å². The summed E-state index contributed by atoms with van der Waals surface area (Å²) >= 11 is 0. The van der Waals surface area contributed by atoms with E-state index in [0.29, 0.717) is 12.8 Å². The topological polar surface area (TPSA) is 58.2 Å². The smallest absolute Gasteiger partial charge is 0.224 e. The molecule has 0 saturated carbocycles. The number of hydrogen-bond donors (Lipinski definition) is 2. The molecule has 0 fully saturated rings. The van der Waals surface area contributed by atoms with Gasteiger partial charge >= 0.3 is 0 Å². The van der Waals surface area contributed by atoms with Crippen LogP contribution in [0.3, 0.4) is 0 Å². The molecular weight excluding hydrogens is 372 g/mol. The summed E-state index contributed by atoms with van der Waals surface area (Å²) in [5, 5.41) is 8.11. The number of rotatable bonds is 14. The van der Waals surface area contributed by atoms with E-state index in [1.165, 1.54) is 38.5 Å². The van der Waals surface area contributed by atoms with Gasteiger partial charge in [0, 0.05) is 24.2 Å². The third-order valence-electron chi connectivity index (χ3n) is 5.42. The van der Waals surface area contributed by atoms with Gasteiger partial charge in [0.15, 0.2) is 0 Å². The van der Waals surface area contributed by atoms with E-state index in [2.05, 4.69) is 24.5 Å². The molecule has 2 N–H and O–H groups in total. The lowest BCUT2D eigenvalue weighted by atomic mass is 10.1. The minimum Gasteiger partial charge on any atom is -0.326 e. The van der Waals surface area contributed by atoms with Crippen LogP contribution in [-0.2, 0) is 9.59 Å². The van der Waals surface area contributed by atoms with Gasteiger partial charge in [0.05, 0.1) is 0 Å². The number of amides is 2. The molecule has 4 nitrogen and oxygen atoms in total. The Balaban J connectivity index is 1.86. The third kappa shape index (κ3) is 8.98. The third-order valence-corrected chi connectivity index (χ3v) is 5.42. The van der Waals surface area contributed by atoms with Crippen molar-refractivity contribution in [3.63, 3.8) is 0 Å². The maximum absolute atomic E-state index is 12.2. The molecule has 2 aromatic carbocycles. The highest BCUT2D eigenvalue weighted by Crippen LogP contribution is 2.23. The largest absolute Gasteiger partial charge is 0.326 e. The van der Waals surface area contributed by atoms with Gasteiger partial charge in [-0.1, -0.05) is 77.3 Å². The average molecular weight is 411 g/mol. The van der Waals surface area contributed by atoms with Gasteiger partial charge in [0.2, 0.25) is 11.8 Å². The Morgan fingerprint density at radius 3 is 1.47 bits per heavy atom. The van der Waals surface area contributed by atoms with Crippen LogP contribution in [0.2, 0.25) is 0 Å². The molecule has 0 aromatic heterocycles. The average Bonchev–Trinajstić information content (AvgIpc) is 2.73. The molecule has 0 unspecified atom stereocenters. The van der Waals surface area contributed by atoms with Crippen LogP contribution >= 0.6 is 0 Å². The van der Waals surface area contributed by atoms with Crippen LogP contribution in [0, 0.1) is 0 Å². The monoisotopic (exact) mass is 410 g/mol. The molecule has 2 aromatic rings. The van der Waals surface area contributed by atoms with E-state index in [0.717, 1.165) is 47.8 Å².